The van der Waals surface area contributed by atoms with Gasteiger partial charge in [0.25, 0.3) is 0 Å². The maximum Gasteiger partial charge on any atom is 0.0561 e. The molecule has 0 unspecified atom stereocenters. The van der Waals surface area contributed by atoms with Crippen molar-refractivity contribution in [3.8, 4) is 11.1 Å². The topological polar surface area (TPSA) is 9.72 Å². The lowest BCUT2D eigenvalue weighted by molar-refractivity contribution is 1.25. The maximum atomic E-state index is 2.43. The summed E-state index contributed by atoms with van der Waals surface area (Å²) in [6, 6.07) is 71.5. The van der Waals surface area contributed by atoms with Crippen LogP contribution in [-0.2, 0) is 0 Å². The van der Waals surface area contributed by atoms with Crippen molar-refractivity contribution < 1.29 is 0 Å². The zero-order chi connectivity index (χ0) is 32.6. The van der Waals surface area contributed by atoms with Gasteiger partial charge in [0, 0.05) is 50.5 Å². The predicted octanol–water partition coefficient (Wildman–Crippen LogP) is 13.2. The number of rotatable bonds is 7. The van der Waals surface area contributed by atoms with Crippen LogP contribution in [0.1, 0.15) is 0 Å². The van der Waals surface area contributed by atoms with E-state index >= 15 is 0 Å². The Morgan fingerprint density at radius 2 is 0.816 bits per heavy atom. The second kappa shape index (κ2) is 12.2. The van der Waals surface area contributed by atoms with E-state index in [1.807, 2.05) is 0 Å². The van der Waals surface area contributed by atoms with Crippen molar-refractivity contribution in [1.29, 1.82) is 0 Å². The minimum atomic E-state index is 1.10. The lowest BCUT2D eigenvalue weighted by Crippen LogP contribution is -2.17. The van der Waals surface area contributed by atoms with Crippen molar-refractivity contribution in [1.82, 2.24) is 0 Å². The average molecular weight is 628 g/mol. The minimum absolute atomic E-state index is 1.10. The van der Waals surface area contributed by atoms with Crippen molar-refractivity contribution in [3.05, 3.63) is 200 Å². The number of hydrogen-bond donors (Lipinski definition) is 0. The Kier molecular flexibility index (Phi) is 7.14. The molecule has 0 aliphatic carbocycles. The van der Waals surface area contributed by atoms with Crippen molar-refractivity contribution in [2.45, 2.75) is 0 Å². The maximum absolute atomic E-state index is 2.43. The van der Waals surface area contributed by atoms with Crippen LogP contribution in [0.4, 0.5) is 51.2 Å². The van der Waals surface area contributed by atoms with Crippen molar-refractivity contribution in [3.63, 3.8) is 0 Å². The van der Waals surface area contributed by atoms with Crippen LogP contribution in [0.5, 0.6) is 0 Å². The highest BCUT2D eigenvalue weighted by atomic mass is 15.2. The van der Waals surface area contributed by atoms with Crippen molar-refractivity contribution >= 4 is 62.0 Å². The molecule has 8 aromatic carbocycles. The number of anilines is 9. The molecule has 0 saturated carbocycles. The van der Waals surface area contributed by atoms with Gasteiger partial charge in [-0.1, -0.05) is 115 Å². The van der Waals surface area contributed by atoms with E-state index in [0.29, 0.717) is 0 Å². The first kappa shape index (κ1) is 28.6. The van der Waals surface area contributed by atoms with Crippen molar-refractivity contribution in [2.75, 3.05) is 14.7 Å². The fraction of sp³-hybridized carbons (Fsp3) is 0. The summed E-state index contributed by atoms with van der Waals surface area (Å²) in [4.78, 5) is 7.13. The van der Waals surface area contributed by atoms with Crippen LogP contribution >= 0.6 is 0 Å². The largest absolute Gasteiger partial charge is 0.310 e. The third-order valence-electron chi connectivity index (χ3n) is 9.32. The highest BCUT2D eigenvalue weighted by molar-refractivity contribution is 6.18. The average Bonchev–Trinajstić information content (AvgIpc) is 3.18. The summed E-state index contributed by atoms with van der Waals surface area (Å²) in [6.45, 7) is 0. The third-order valence-corrected chi connectivity index (χ3v) is 9.32. The van der Waals surface area contributed by atoms with Crippen LogP contribution in [0.2, 0.25) is 0 Å². The van der Waals surface area contributed by atoms with E-state index < -0.39 is 0 Å². The first-order chi connectivity index (χ1) is 24.3. The van der Waals surface area contributed by atoms with Crippen LogP contribution < -0.4 is 14.7 Å². The van der Waals surface area contributed by atoms with Gasteiger partial charge >= 0.3 is 0 Å². The molecule has 1 aliphatic heterocycles. The Labute approximate surface area is 287 Å². The number of benzene rings is 8. The normalized spacial score (nSPS) is 11.6. The number of hydrogen-bond acceptors (Lipinski definition) is 3. The second-order valence-electron chi connectivity index (χ2n) is 12.2. The Balaban J connectivity index is 1.29. The van der Waals surface area contributed by atoms with Gasteiger partial charge in [-0.15, -0.1) is 0 Å². The van der Waals surface area contributed by atoms with Gasteiger partial charge in [0.05, 0.1) is 17.1 Å². The van der Waals surface area contributed by atoms with E-state index in [1.165, 1.54) is 21.9 Å². The van der Waals surface area contributed by atoms with E-state index in [0.717, 1.165) is 51.2 Å². The molecule has 0 fully saturated rings. The molecule has 1 aliphatic rings. The lowest BCUT2D eigenvalue weighted by Gasteiger charge is -2.36. The summed E-state index contributed by atoms with van der Waals surface area (Å²) in [5.74, 6) is 0. The molecule has 49 heavy (non-hydrogen) atoms. The molecule has 0 radical (unpaired) electrons. The zero-order valence-corrected chi connectivity index (χ0v) is 26.9. The fourth-order valence-corrected chi connectivity index (χ4v) is 7.22. The molecule has 0 amide bonds. The van der Waals surface area contributed by atoms with Gasteiger partial charge in [-0.2, -0.15) is 0 Å². The van der Waals surface area contributed by atoms with Gasteiger partial charge in [-0.25, -0.2) is 0 Å². The third kappa shape index (κ3) is 5.00. The zero-order valence-electron chi connectivity index (χ0n) is 26.9. The smallest absolute Gasteiger partial charge is 0.0561 e. The Morgan fingerprint density at radius 3 is 1.37 bits per heavy atom. The number of fused-ring (bicyclic) bond motifs is 2. The van der Waals surface area contributed by atoms with E-state index in [9.17, 15) is 0 Å². The molecule has 0 bridgehead atoms. The van der Waals surface area contributed by atoms with Crippen LogP contribution in [0, 0.1) is 0 Å². The van der Waals surface area contributed by atoms with E-state index in [4.69, 9.17) is 0 Å². The highest BCUT2D eigenvalue weighted by Gasteiger charge is 2.29. The summed E-state index contributed by atoms with van der Waals surface area (Å²) in [7, 11) is 0. The summed E-state index contributed by atoms with van der Waals surface area (Å²) in [5.41, 5.74) is 12.6. The molecule has 3 heteroatoms. The van der Waals surface area contributed by atoms with Gasteiger partial charge in [0.15, 0.2) is 0 Å². The standard InChI is InChI=1S/C46H33N3/c1-6-17-34(18-7-1)47(35-19-8-2-9-20-35)39-29-30-40-41-31-32-43(48(36-21-10-3-11-22-36)37-23-12-4-13-24-37)42-27-16-28-44(46(41)42)49(45(40)33-39)38-25-14-5-15-26-38/h1-33H. The van der Waals surface area contributed by atoms with E-state index in [2.05, 4.69) is 215 Å². The van der Waals surface area contributed by atoms with Crippen LogP contribution in [0.3, 0.4) is 0 Å². The molecule has 0 N–H and O–H groups in total. The van der Waals surface area contributed by atoms with E-state index in [-0.39, 0.29) is 0 Å². The number of para-hydroxylation sites is 5. The quantitative estimate of drug-likeness (QED) is 0.174. The summed E-state index contributed by atoms with van der Waals surface area (Å²) >= 11 is 0. The van der Waals surface area contributed by atoms with Crippen LogP contribution in [0.25, 0.3) is 21.9 Å². The van der Waals surface area contributed by atoms with Crippen molar-refractivity contribution in [2.24, 2.45) is 0 Å². The first-order valence-corrected chi connectivity index (χ1v) is 16.7. The summed E-state index contributed by atoms with van der Waals surface area (Å²) in [6.07, 6.45) is 0. The van der Waals surface area contributed by atoms with Gasteiger partial charge in [-0.3, -0.25) is 0 Å². The molecule has 1 heterocycles. The molecule has 9 rings (SSSR count). The first-order valence-electron chi connectivity index (χ1n) is 16.7. The minimum Gasteiger partial charge on any atom is -0.310 e. The SMILES string of the molecule is c1ccc(N(c2ccccc2)c2ccc3c(c2)N(c2ccccc2)c2cccc4c(N(c5ccccc5)c5ccccc5)ccc-3c24)cc1. The predicted molar refractivity (Wildman–Crippen MR) is 207 cm³/mol. The molecule has 0 atom stereocenters. The molecule has 0 saturated heterocycles. The van der Waals surface area contributed by atoms with Gasteiger partial charge in [0.1, 0.15) is 0 Å². The molecule has 3 nitrogen and oxygen atoms in total. The van der Waals surface area contributed by atoms with Crippen LogP contribution in [-0.4, -0.2) is 0 Å². The Hall–Kier alpha value is -6.58. The lowest BCUT2D eigenvalue weighted by atomic mass is 9.89. The summed E-state index contributed by atoms with van der Waals surface area (Å²) in [5, 5.41) is 2.44. The molecule has 232 valence electrons. The summed E-state index contributed by atoms with van der Waals surface area (Å²) < 4.78 is 0. The van der Waals surface area contributed by atoms with Gasteiger partial charge < -0.3 is 14.7 Å². The number of nitrogens with zero attached hydrogens (tertiary/aromatic N) is 3. The Morgan fingerprint density at radius 1 is 0.327 bits per heavy atom. The van der Waals surface area contributed by atoms with Gasteiger partial charge in [0.2, 0.25) is 0 Å². The monoisotopic (exact) mass is 627 g/mol. The molecular weight excluding hydrogens is 595 g/mol. The molecule has 0 aromatic heterocycles. The van der Waals surface area contributed by atoms with E-state index in [1.54, 1.807) is 0 Å². The Bertz CT molecular complexity index is 2300. The van der Waals surface area contributed by atoms with Gasteiger partial charge in [-0.05, 0) is 90.5 Å². The van der Waals surface area contributed by atoms with Crippen LogP contribution in [0.15, 0.2) is 200 Å². The molecular formula is C46H33N3. The molecule has 8 aromatic rings. The fourth-order valence-electron chi connectivity index (χ4n) is 7.22. The molecule has 0 spiro atoms. The second-order valence-corrected chi connectivity index (χ2v) is 12.2. The highest BCUT2D eigenvalue weighted by Crippen LogP contribution is 2.54.